The average Bonchev–Trinajstić information content (AvgIpc) is 2.75. The third-order valence-corrected chi connectivity index (χ3v) is 3.61. The number of aromatic nitrogens is 2. The zero-order valence-corrected chi connectivity index (χ0v) is 11.9. The SMILES string of the molecule is Fc1ccccc1Cc1noc(CN2CCCNCC2)n1. The molecule has 0 radical (unpaired) electrons. The predicted octanol–water partition coefficient (Wildman–Crippen LogP) is 1.59. The largest absolute Gasteiger partial charge is 0.338 e. The number of benzene rings is 1. The molecule has 1 fully saturated rings. The Bertz CT molecular complexity index is 579. The monoisotopic (exact) mass is 290 g/mol. The Labute approximate surface area is 123 Å². The van der Waals surface area contributed by atoms with Gasteiger partial charge >= 0.3 is 0 Å². The normalized spacial score (nSPS) is 16.8. The molecular weight excluding hydrogens is 271 g/mol. The molecule has 1 saturated heterocycles. The van der Waals surface area contributed by atoms with Crippen LogP contribution in [0.2, 0.25) is 0 Å². The summed E-state index contributed by atoms with van der Waals surface area (Å²) in [7, 11) is 0. The van der Waals surface area contributed by atoms with Crippen LogP contribution < -0.4 is 5.32 Å². The van der Waals surface area contributed by atoms with Gasteiger partial charge < -0.3 is 9.84 Å². The minimum absolute atomic E-state index is 0.234. The molecule has 1 N–H and O–H groups in total. The molecule has 2 aromatic rings. The van der Waals surface area contributed by atoms with Crippen molar-refractivity contribution >= 4 is 0 Å². The molecular formula is C15H19FN4O. The van der Waals surface area contributed by atoms with Crippen molar-refractivity contribution in [1.29, 1.82) is 0 Å². The Morgan fingerprint density at radius 3 is 3.05 bits per heavy atom. The molecule has 0 bridgehead atoms. The number of nitrogens with zero attached hydrogens (tertiary/aromatic N) is 3. The standard InChI is InChI=1S/C15H19FN4O/c16-13-5-2-1-4-12(13)10-14-18-15(21-19-14)11-20-8-3-6-17-7-9-20/h1-2,4-5,17H,3,6-11H2. The lowest BCUT2D eigenvalue weighted by Crippen LogP contribution is -2.27. The minimum atomic E-state index is -0.234. The van der Waals surface area contributed by atoms with Crippen molar-refractivity contribution in [3.8, 4) is 0 Å². The van der Waals surface area contributed by atoms with Gasteiger partial charge in [0, 0.05) is 19.5 Å². The van der Waals surface area contributed by atoms with Crippen LogP contribution >= 0.6 is 0 Å². The molecule has 2 heterocycles. The number of hydrogen-bond acceptors (Lipinski definition) is 5. The highest BCUT2D eigenvalue weighted by molar-refractivity contribution is 5.20. The topological polar surface area (TPSA) is 54.2 Å². The van der Waals surface area contributed by atoms with Gasteiger partial charge in [-0.05, 0) is 31.1 Å². The molecule has 0 aliphatic carbocycles. The van der Waals surface area contributed by atoms with Crippen molar-refractivity contribution in [2.24, 2.45) is 0 Å². The lowest BCUT2D eigenvalue weighted by atomic mass is 10.1. The maximum Gasteiger partial charge on any atom is 0.240 e. The molecule has 21 heavy (non-hydrogen) atoms. The smallest absolute Gasteiger partial charge is 0.240 e. The van der Waals surface area contributed by atoms with E-state index in [-0.39, 0.29) is 5.82 Å². The van der Waals surface area contributed by atoms with Crippen LogP contribution in [0, 0.1) is 5.82 Å². The number of nitrogens with one attached hydrogen (secondary N) is 1. The van der Waals surface area contributed by atoms with Crippen LogP contribution in [0.4, 0.5) is 4.39 Å². The Kier molecular flexibility index (Phi) is 4.57. The summed E-state index contributed by atoms with van der Waals surface area (Å²) in [4.78, 5) is 6.66. The summed E-state index contributed by atoms with van der Waals surface area (Å²) in [6, 6.07) is 6.67. The van der Waals surface area contributed by atoms with Gasteiger partial charge in [-0.3, -0.25) is 4.90 Å². The van der Waals surface area contributed by atoms with E-state index in [1.165, 1.54) is 6.07 Å². The summed E-state index contributed by atoms with van der Waals surface area (Å²) in [5.74, 6) is 0.897. The summed E-state index contributed by atoms with van der Waals surface area (Å²) >= 11 is 0. The minimum Gasteiger partial charge on any atom is -0.338 e. The van der Waals surface area contributed by atoms with Crippen molar-refractivity contribution < 1.29 is 8.91 Å². The molecule has 112 valence electrons. The molecule has 1 aliphatic rings. The number of rotatable bonds is 4. The average molecular weight is 290 g/mol. The molecule has 0 spiro atoms. The third-order valence-electron chi connectivity index (χ3n) is 3.61. The van der Waals surface area contributed by atoms with Gasteiger partial charge in [0.25, 0.3) is 0 Å². The van der Waals surface area contributed by atoms with Gasteiger partial charge in [-0.15, -0.1) is 0 Å². The van der Waals surface area contributed by atoms with Crippen molar-refractivity contribution in [3.63, 3.8) is 0 Å². The van der Waals surface area contributed by atoms with Crippen LogP contribution in [0.15, 0.2) is 28.8 Å². The maximum atomic E-state index is 13.6. The molecule has 1 aromatic heterocycles. The fraction of sp³-hybridized carbons (Fsp3) is 0.467. The van der Waals surface area contributed by atoms with Crippen molar-refractivity contribution in [1.82, 2.24) is 20.4 Å². The van der Waals surface area contributed by atoms with Gasteiger partial charge in [0.2, 0.25) is 5.89 Å². The Morgan fingerprint density at radius 1 is 1.24 bits per heavy atom. The van der Waals surface area contributed by atoms with Crippen molar-refractivity contribution in [2.45, 2.75) is 19.4 Å². The molecule has 0 unspecified atom stereocenters. The first-order valence-corrected chi connectivity index (χ1v) is 7.29. The number of halogens is 1. The second kappa shape index (κ2) is 6.78. The van der Waals surface area contributed by atoms with Crippen molar-refractivity contribution in [2.75, 3.05) is 26.2 Å². The van der Waals surface area contributed by atoms with Gasteiger partial charge in [0.05, 0.1) is 6.54 Å². The predicted molar refractivity (Wildman–Crippen MR) is 76.3 cm³/mol. The Morgan fingerprint density at radius 2 is 2.14 bits per heavy atom. The fourth-order valence-corrected chi connectivity index (χ4v) is 2.49. The molecule has 5 nitrogen and oxygen atoms in total. The van der Waals surface area contributed by atoms with Gasteiger partial charge in [-0.2, -0.15) is 4.98 Å². The van der Waals surface area contributed by atoms with Crippen LogP contribution in [0.1, 0.15) is 23.7 Å². The zero-order valence-electron chi connectivity index (χ0n) is 11.9. The van der Waals surface area contributed by atoms with Crippen molar-refractivity contribution in [3.05, 3.63) is 47.4 Å². The summed E-state index contributed by atoms with van der Waals surface area (Å²) in [6.45, 7) is 4.70. The number of hydrogen-bond donors (Lipinski definition) is 1. The van der Waals surface area contributed by atoms with Crippen LogP contribution in [0.3, 0.4) is 0 Å². The Balaban J connectivity index is 1.62. The molecule has 0 saturated carbocycles. The lowest BCUT2D eigenvalue weighted by Gasteiger charge is -2.16. The molecule has 1 aliphatic heterocycles. The maximum absolute atomic E-state index is 13.6. The van der Waals surface area contributed by atoms with Gasteiger partial charge in [-0.1, -0.05) is 23.4 Å². The summed E-state index contributed by atoms with van der Waals surface area (Å²) in [5, 5.41) is 7.30. The highest BCUT2D eigenvalue weighted by Gasteiger charge is 2.14. The summed E-state index contributed by atoms with van der Waals surface area (Å²) < 4.78 is 18.9. The van der Waals surface area contributed by atoms with Gasteiger partial charge in [0.15, 0.2) is 5.82 Å². The van der Waals surface area contributed by atoms with E-state index in [2.05, 4.69) is 20.4 Å². The second-order valence-corrected chi connectivity index (χ2v) is 5.25. The van der Waals surface area contributed by atoms with Gasteiger partial charge in [0.1, 0.15) is 5.82 Å². The van der Waals surface area contributed by atoms with E-state index in [4.69, 9.17) is 4.52 Å². The van der Waals surface area contributed by atoms with Crippen LogP contribution in [0.5, 0.6) is 0 Å². The van der Waals surface area contributed by atoms with E-state index in [9.17, 15) is 4.39 Å². The fourth-order valence-electron chi connectivity index (χ4n) is 2.49. The molecule has 0 amide bonds. The van der Waals surface area contributed by atoms with Crippen LogP contribution in [0.25, 0.3) is 0 Å². The highest BCUT2D eigenvalue weighted by Crippen LogP contribution is 2.12. The molecule has 6 heteroatoms. The Hall–Kier alpha value is -1.79. The molecule has 3 rings (SSSR count). The van der Waals surface area contributed by atoms with E-state index in [1.54, 1.807) is 12.1 Å². The second-order valence-electron chi connectivity index (χ2n) is 5.25. The van der Waals surface area contributed by atoms with Gasteiger partial charge in [-0.25, -0.2) is 4.39 Å². The third kappa shape index (κ3) is 3.86. The summed E-state index contributed by atoms with van der Waals surface area (Å²) in [6.07, 6.45) is 1.48. The van der Waals surface area contributed by atoms with Crippen LogP contribution in [-0.4, -0.2) is 41.2 Å². The lowest BCUT2D eigenvalue weighted by molar-refractivity contribution is 0.238. The quantitative estimate of drug-likeness (QED) is 0.927. The van der Waals surface area contributed by atoms with E-state index in [1.807, 2.05) is 6.07 Å². The van der Waals surface area contributed by atoms with Crippen LogP contribution in [-0.2, 0) is 13.0 Å². The van der Waals surface area contributed by atoms with E-state index in [0.717, 1.165) is 32.6 Å². The zero-order chi connectivity index (χ0) is 14.5. The van der Waals surface area contributed by atoms with E-state index < -0.39 is 0 Å². The molecule has 0 atom stereocenters. The highest BCUT2D eigenvalue weighted by atomic mass is 19.1. The first-order chi connectivity index (χ1) is 10.3. The summed E-state index contributed by atoms with van der Waals surface area (Å²) in [5.41, 5.74) is 0.587. The molecule has 1 aromatic carbocycles. The van der Waals surface area contributed by atoms with E-state index >= 15 is 0 Å². The first kappa shape index (κ1) is 14.2. The first-order valence-electron chi connectivity index (χ1n) is 7.29. The van der Waals surface area contributed by atoms with E-state index in [0.29, 0.717) is 30.2 Å².